The second-order valence-corrected chi connectivity index (χ2v) is 8.92. The number of hydrogen-bond acceptors (Lipinski definition) is 6. The number of nitrogens with one attached hydrogen (secondary N) is 1. The molecule has 1 aromatic heterocycles. The second-order valence-electron chi connectivity index (χ2n) is 5.83. The zero-order valence-electron chi connectivity index (χ0n) is 13.4. The van der Waals surface area contributed by atoms with Gasteiger partial charge in [-0.05, 0) is 25.5 Å². The van der Waals surface area contributed by atoms with Gasteiger partial charge in [-0.2, -0.15) is 0 Å². The lowest BCUT2D eigenvalue weighted by molar-refractivity contribution is -0.119. The molecule has 1 N–H and O–H groups in total. The molecule has 8 heteroatoms. The van der Waals surface area contributed by atoms with Crippen molar-refractivity contribution in [3.05, 3.63) is 29.1 Å². The molecular formula is C16H18N2O4S2. The number of aromatic nitrogens is 1. The van der Waals surface area contributed by atoms with Gasteiger partial charge in [0.25, 0.3) is 0 Å². The van der Waals surface area contributed by atoms with E-state index in [9.17, 15) is 13.2 Å². The van der Waals surface area contributed by atoms with E-state index in [1.54, 1.807) is 7.11 Å². The van der Waals surface area contributed by atoms with Crippen LogP contribution in [0.1, 0.15) is 12.0 Å². The predicted octanol–water partition coefficient (Wildman–Crippen LogP) is 2.50. The maximum atomic E-state index is 12.2. The predicted molar refractivity (Wildman–Crippen MR) is 94.2 cm³/mol. The van der Waals surface area contributed by atoms with E-state index in [0.29, 0.717) is 17.3 Å². The van der Waals surface area contributed by atoms with Crippen molar-refractivity contribution >= 4 is 32.2 Å². The van der Waals surface area contributed by atoms with E-state index in [2.05, 4.69) is 10.3 Å². The number of sulfone groups is 1. The quantitative estimate of drug-likeness (QED) is 0.899. The van der Waals surface area contributed by atoms with Gasteiger partial charge < -0.3 is 10.1 Å². The van der Waals surface area contributed by atoms with Gasteiger partial charge in [-0.25, -0.2) is 13.4 Å². The average molecular weight is 366 g/mol. The Hall–Kier alpha value is -1.93. The molecule has 6 nitrogen and oxygen atoms in total. The Kier molecular flexibility index (Phi) is 4.60. The van der Waals surface area contributed by atoms with Crippen molar-refractivity contribution in [2.24, 2.45) is 5.92 Å². The highest BCUT2D eigenvalue weighted by molar-refractivity contribution is 7.91. The lowest BCUT2D eigenvalue weighted by Crippen LogP contribution is -2.23. The number of thiazole rings is 1. The molecule has 0 bridgehead atoms. The fourth-order valence-electron chi connectivity index (χ4n) is 2.69. The van der Waals surface area contributed by atoms with Gasteiger partial charge in [-0.3, -0.25) is 4.79 Å². The van der Waals surface area contributed by atoms with E-state index in [1.165, 1.54) is 11.3 Å². The Morgan fingerprint density at radius 1 is 1.42 bits per heavy atom. The molecule has 1 aliphatic rings. The van der Waals surface area contributed by atoms with Crippen LogP contribution < -0.4 is 10.1 Å². The van der Waals surface area contributed by atoms with Crippen molar-refractivity contribution in [1.29, 1.82) is 0 Å². The number of ether oxygens (including phenoxy) is 1. The minimum absolute atomic E-state index is 0.0781. The first-order valence-corrected chi connectivity index (χ1v) is 10.2. The smallest absolute Gasteiger partial charge is 0.230 e. The summed E-state index contributed by atoms with van der Waals surface area (Å²) in [6.07, 6.45) is 0.373. The number of nitrogens with zero attached hydrogens (tertiary/aromatic N) is 1. The number of carbonyl (C=O) groups excluding carboxylic acids is 1. The van der Waals surface area contributed by atoms with Crippen molar-refractivity contribution < 1.29 is 17.9 Å². The molecule has 3 rings (SSSR count). The number of rotatable bonds is 4. The fourth-order valence-corrected chi connectivity index (χ4v) is 5.14. The maximum Gasteiger partial charge on any atom is 0.230 e. The van der Waals surface area contributed by atoms with Crippen LogP contribution in [0.5, 0.6) is 5.75 Å². The minimum atomic E-state index is -3.08. The molecule has 24 heavy (non-hydrogen) atoms. The molecular weight excluding hydrogens is 348 g/mol. The largest absolute Gasteiger partial charge is 0.496 e. The summed E-state index contributed by atoms with van der Waals surface area (Å²) in [5, 5.41) is 5.03. The minimum Gasteiger partial charge on any atom is -0.496 e. The molecule has 0 saturated carbocycles. The number of amides is 1. The first-order valence-electron chi connectivity index (χ1n) is 7.50. The lowest BCUT2D eigenvalue weighted by Gasteiger charge is -2.08. The van der Waals surface area contributed by atoms with Crippen LogP contribution in [0, 0.1) is 12.8 Å². The van der Waals surface area contributed by atoms with Crippen LogP contribution in [0.4, 0.5) is 5.13 Å². The van der Waals surface area contributed by atoms with Crippen molar-refractivity contribution in [2.75, 3.05) is 23.9 Å². The number of hydrogen-bond donors (Lipinski definition) is 1. The summed E-state index contributed by atoms with van der Waals surface area (Å²) in [7, 11) is -1.48. The van der Waals surface area contributed by atoms with Crippen molar-refractivity contribution in [3.63, 3.8) is 0 Å². The van der Waals surface area contributed by atoms with Gasteiger partial charge >= 0.3 is 0 Å². The molecule has 1 fully saturated rings. The van der Waals surface area contributed by atoms with Gasteiger partial charge in [0.05, 0.1) is 30.2 Å². The normalized spacial score (nSPS) is 19.2. The monoisotopic (exact) mass is 366 g/mol. The van der Waals surface area contributed by atoms with Crippen LogP contribution in [-0.4, -0.2) is 37.9 Å². The Bertz CT molecular complexity index is 874. The van der Waals surface area contributed by atoms with E-state index >= 15 is 0 Å². The third-order valence-electron chi connectivity index (χ3n) is 3.97. The summed E-state index contributed by atoms with van der Waals surface area (Å²) in [6.45, 7) is 1.98. The number of anilines is 1. The maximum absolute atomic E-state index is 12.2. The van der Waals surface area contributed by atoms with Crippen LogP contribution >= 0.6 is 11.3 Å². The highest BCUT2D eigenvalue weighted by Crippen LogP contribution is 2.33. The first kappa shape index (κ1) is 16.9. The second kappa shape index (κ2) is 6.52. The number of methoxy groups -OCH3 is 1. The van der Waals surface area contributed by atoms with E-state index in [1.807, 2.05) is 30.5 Å². The van der Waals surface area contributed by atoms with Crippen LogP contribution in [0.3, 0.4) is 0 Å². The van der Waals surface area contributed by atoms with Crippen molar-refractivity contribution in [1.82, 2.24) is 4.98 Å². The molecule has 1 saturated heterocycles. The number of aryl methyl sites for hydroxylation is 1. The molecule has 1 amide bonds. The molecule has 2 heterocycles. The topological polar surface area (TPSA) is 85.4 Å². The summed E-state index contributed by atoms with van der Waals surface area (Å²) in [5.41, 5.74) is 2.66. The van der Waals surface area contributed by atoms with Gasteiger partial charge in [0.1, 0.15) is 5.75 Å². The third kappa shape index (κ3) is 3.59. The summed E-state index contributed by atoms with van der Waals surface area (Å²) in [5.74, 6) is -0.0630. The summed E-state index contributed by atoms with van der Waals surface area (Å²) < 4.78 is 28.3. The van der Waals surface area contributed by atoms with Crippen molar-refractivity contribution in [2.45, 2.75) is 13.3 Å². The van der Waals surface area contributed by atoms with Gasteiger partial charge in [0.15, 0.2) is 15.0 Å². The van der Waals surface area contributed by atoms with E-state index < -0.39 is 15.8 Å². The summed E-state index contributed by atoms with van der Waals surface area (Å²) in [6, 6.07) is 5.81. The van der Waals surface area contributed by atoms with Crippen LogP contribution in [0.2, 0.25) is 0 Å². The summed E-state index contributed by atoms with van der Waals surface area (Å²) >= 11 is 1.31. The van der Waals surface area contributed by atoms with Crippen LogP contribution in [0.15, 0.2) is 23.6 Å². The molecule has 0 aliphatic carbocycles. The fraction of sp³-hybridized carbons (Fsp3) is 0.375. The van der Waals surface area contributed by atoms with Crippen LogP contribution in [0.25, 0.3) is 11.3 Å². The first-order chi connectivity index (χ1) is 11.4. The SMILES string of the molecule is COc1ccc(C)cc1-c1csc(NC(=O)C2CCS(=O)(=O)C2)n1. The molecule has 1 aromatic carbocycles. The van der Waals surface area contributed by atoms with Gasteiger partial charge in [-0.15, -0.1) is 11.3 Å². The molecule has 1 aliphatic heterocycles. The van der Waals surface area contributed by atoms with Gasteiger partial charge in [-0.1, -0.05) is 11.6 Å². The van der Waals surface area contributed by atoms with Crippen LogP contribution in [-0.2, 0) is 14.6 Å². The molecule has 1 unspecified atom stereocenters. The third-order valence-corrected chi connectivity index (χ3v) is 6.49. The zero-order chi connectivity index (χ0) is 17.3. The lowest BCUT2D eigenvalue weighted by atomic mass is 10.1. The molecule has 2 aromatic rings. The van der Waals surface area contributed by atoms with Gasteiger partial charge in [0, 0.05) is 10.9 Å². The standard InChI is InChI=1S/C16H18N2O4S2/c1-10-3-4-14(22-2)12(7-10)13-8-23-16(17-13)18-15(19)11-5-6-24(20,21)9-11/h3-4,7-8,11H,5-6,9H2,1-2H3,(H,17,18,19). The van der Waals surface area contributed by atoms with E-state index in [0.717, 1.165) is 16.8 Å². The molecule has 0 radical (unpaired) electrons. The van der Waals surface area contributed by atoms with Crippen molar-refractivity contribution in [3.8, 4) is 17.0 Å². The molecule has 1 atom stereocenters. The highest BCUT2D eigenvalue weighted by Gasteiger charge is 2.33. The Morgan fingerprint density at radius 2 is 2.21 bits per heavy atom. The average Bonchev–Trinajstić information content (AvgIpc) is 3.13. The molecule has 0 spiro atoms. The van der Waals surface area contributed by atoms with E-state index in [4.69, 9.17) is 4.74 Å². The van der Waals surface area contributed by atoms with E-state index in [-0.39, 0.29) is 17.4 Å². The zero-order valence-corrected chi connectivity index (χ0v) is 15.0. The molecule has 128 valence electrons. The number of carbonyl (C=O) groups is 1. The highest BCUT2D eigenvalue weighted by atomic mass is 32.2. The Labute approximate surface area is 144 Å². The Morgan fingerprint density at radius 3 is 2.88 bits per heavy atom. The van der Waals surface area contributed by atoms with Gasteiger partial charge in [0.2, 0.25) is 5.91 Å². The Balaban J connectivity index is 1.77. The number of benzene rings is 1. The summed E-state index contributed by atoms with van der Waals surface area (Å²) in [4.78, 5) is 16.6.